The molecule has 5 nitrogen and oxygen atoms in total. The van der Waals surface area contributed by atoms with Crippen molar-refractivity contribution in [2.45, 2.75) is 6.54 Å². The third kappa shape index (κ3) is 3.26. The zero-order valence-electron chi connectivity index (χ0n) is 11.5. The van der Waals surface area contributed by atoms with E-state index in [2.05, 4.69) is 10.3 Å². The van der Waals surface area contributed by atoms with Gasteiger partial charge in [-0.25, -0.2) is 9.78 Å². The fraction of sp³-hybridized carbons (Fsp3) is 0.200. The molecule has 20 heavy (non-hydrogen) atoms. The molecule has 2 rings (SSSR count). The lowest BCUT2D eigenvalue weighted by atomic mass is 10.1. The molecule has 0 aliphatic carbocycles. The summed E-state index contributed by atoms with van der Waals surface area (Å²) in [5, 5.41) is 12.2. The summed E-state index contributed by atoms with van der Waals surface area (Å²) in [5.74, 6) is -0.0404. The van der Waals surface area contributed by atoms with Crippen molar-refractivity contribution in [3.8, 4) is 0 Å². The van der Waals surface area contributed by atoms with Gasteiger partial charge in [-0.1, -0.05) is 12.1 Å². The number of benzene rings is 1. The molecule has 0 aliphatic heterocycles. The van der Waals surface area contributed by atoms with Crippen LogP contribution in [0.15, 0.2) is 42.6 Å². The van der Waals surface area contributed by atoms with Crippen molar-refractivity contribution < 1.29 is 9.90 Å². The number of aromatic carboxylic acids is 1. The first kappa shape index (κ1) is 13.9. The van der Waals surface area contributed by atoms with E-state index < -0.39 is 5.97 Å². The normalized spacial score (nSPS) is 10.1. The second kappa shape index (κ2) is 6.06. The lowest BCUT2D eigenvalue weighted by Crippen LogP contribution is -2.13. The van der Waals surface area contributed by atoms with Crippen molar-refractivity contribution in [2.75, 3.05) is 24.3 Å². The first-order chi connectivity index (χ1) is 9.58. The third-order valence-corrected chi connectivity index (χ3v) is 2.89. The van der Waals surface area contributed by atoms with Crippen molar-refractivity contribution in [2.24, 2.45) is 0 Å². The summed E-state index contributed by atoms with van der Waals surface area (Å²) in [5.41, 5.74) is 2.26. The van der Waals surface area contributed by atoms with Crippen molar-refractivity contribution in [3.05, 3.63) is 53.7 Å². The van der Waals surface area contributed by atoms with E-state index in [1.165, 1.54) is 0 Å². The van der Waals surface area contributed by atoms with Gasteiger partial charge in [0, 0.05) is 26.8 Å². The molecule has 0 amide bonds. The number of rotatable bonds is 5. The molecule has 0 atom stereocenters. The molecule has 1 heterocycles. The summed E-state index contributed by atoms with van der Waals surface area (Å²) >= 11 is 0. The predicted molar refractivity (Wildman–Crippen MR) is 79.3 cm³/mol. The standard InChI is InChI=1S/C15H17N3O2/c1-18(2)14-13(4-3-9-16-14)17-10-11-5-7-12(8-6-11)15(19)20/h3-9,17H,10H2,1-2H3,(H,19,20). The van der Waals surface area contributed by atoms with Gasteiger partial charge >= 0.3 is 5.97 Å². The van der Waals surface area contributed by atoms with Gasteiger partial charge in [-0.2, -0.15) is 0 Å². The Kier molecular flexibility index (Phi) is 4.20. The van der Waals surface area contributed by atoms with Crippen molar-refractivity contribution in [1.29, 1.82) is 0 Å². The number of hydrogen-bond donors (Lipinski definition) is 2. The fourth-order valence-electron chi connectivity index (χ4n) is 1.85. The summed E-state index contributed by atoms with van der Waals surface area (Å²) in [7, 11) is 3.88. The van der Waals surface area contributed by atoms with Crippen LogP contribution in [0.3, 0.4) is 0 Å². The van der Waals surface area contributed by atoms with Crippen LogP contribution in [0.2, 0.25) is 0 Å². The van der Waals surface area contributed by atoms with Gasteiger partial charge in [0.1, 0.15) is 0 Å². The monoisotopic (exact) mass is 271 g/mol. The summed E-state index contributed by atoms with van der Waals surface area (Å²) < 4.78 is 0. The van der Waals surface area contributed by atoms with E-state index in [9.17, 15) is 4.79 Å². The SMILES string of the molecule is CN(C)c1ncccc1NCc1ccc(C(=O)O)cc1. The van der Waals surface area contributed by atoms with Gasteiger partial charge in [-0.3, -0.25) is 0 Å². The maximum Gasteiger partial charge on any atom is 0.335 e. The molecule has 2 N–H and O–H groups in total. The number of carboxylic acids is 1. The predicted octanol–water partition coefficient (Wildman–Crippen LogP) is 2.46. The van der Waals surface area contributed by atoms with E-state index in [4.69, 9.17) is 5.11 Å². The number of anilines is 2. The van der Waals surface area contributed by atoms with Gasteiger partial charge < -0.3 is 15.3 Å². The smallest absolute Gasteiger partial charge is 0.335 e. The highest BCUT2D eigenvalue weighted by Gasteiger charge is 2.05. The Balaban J connectivity index is 2.07. The minimum absolute atomic E-state index is 0.295. The minimum Gasteiger partial charge on any atom is -0.478 e. The van der Waals surface area contributed by atoms with Crippen LogP contribution in [0.5, 0.6) is 0 Å². The van der Waals surface area contributed by atoms with Crippen LogP contribution in [0.4, 0.5) is 11.5 Å². The van der Waals surface area contributed by atoms with E-state index in [0.29, 0.717) is 12.1 Å². The second-order valence-electron chi connectivity index (χ2n) is 4.62. The van der Waals surface area contributed by atoms with Crippen LogP contribution in [0.25, 0.3) is 0 Å². The molecular formula is C15H17N3O2. The lowest BCUT2D eigenvalue weighted by Gasteiger charge is -2.16. The highest BCUT2D eigenvalue weighted by molar-refractivity contribution is 5.87. The first-order valence-corrected chi connectivity index (χ1v) is 6.26. The fourth-order valence-corrected chi connectivity index (χ4v) is 1.85. The van der Waals surface area contributed by atoms with E-state index in [1.54, 1.807) is 18.3 Å². The molecule has 0 saturated heterocycles. The molecule has 0 unspecified atom stereocenters. The Morgan fingerprint density at radius 3 is 2.55 bits per heavy atom. The summed E-state index contributed by atoms with van der Waals surface area (Å²) in [6.07, 6.45) is 1.75. The molecule has 0 aliphatic rings. The number of carbonyl (C=O) groups is 1. The second-order valence-corrected chi connectivity index (χ2v) is 4.62. The number of carboxylic acid groups (broad SMARTS) is 1. The van der Waals surface area contributed by atoms with E-state index in [1.807, 2.05) is 43.3 Å². The highest BCUT2D eigenvalue weighted by atomic mass is 16.4. The van der Waals surface area contributed by atoms with Crippen molar-refractivity contribution >= 4 is 17.5 Å². The molecule has 1 aromatic carbocycles. The molecule has 0 spiro atoms. The van der Waals surface area contributed by atoms with Gasteiger partial charge in [0.2, 0.25) is 0 Å². The Morgan fingerprint density at radius 1 is 1.25 bits per heavy atom. The summed E-state index contributed by atoms with van der Waals surface area (Å²) in [6.45, 7) is 0.617. The third-order valence-electron chi connectivity index (χ3n) is 2.89. The van der Waals surface area contributed by atoms with Gasteiger partial charge in [-0.05, 0) is 29.8 Å². The number of pyridine rings is 1. The molecule has 104 valence electrons. The maximum atomic E-state index is 10.8. The lowest BCUT2D eigenvalue weighted by molar-refractivity contribution is 0.0697. The van der Waals surface area contributed by atoms with Crippen LogP contribution in [0, 0.1) is 0 Å². The number of nitrogens with zero attached hydrogens (tertiary/aromatic N) is 2. The average molecular weight is 271 g/mol. The Hall–Kier alpha value is -2.56. The van der Waals surface area contributed by atoms with Crippen LogP contribution >= 0.6 is 0 Å². The summed E-state index contributed by atoms with van der Waals surface area (Å²) in [4.78, 5) is 17.0. The zero-order chi connectivity index (χ0) is 14.5. The van der Waals surface area contributed by atoms with Crippen LogP contribution in [-0.2, 0) is 6.54 Å². The highest BCUT2D eigenvalue weighted by Crippen LogP contribution is 2.21. The van der Waals surface area contributed by atoms with Gasteiger partial charge in [0.15, 0.2) is 5.82 Å². The Labute approximate surface area is 117 Å². The van der Waals surface area contributed by atoms with Gasteiger partial charge in [-0.15, -0.1) is 0 Å². The van der Waals surface area contributed by atoms with Crippen LogP contribution in [0.1, 0.15) is 15.9 Å². The Morgan fingerprint density at radius 2 is 1.95 bits per heavy atom. The molecule has 1 aromatic heterocycles. The topological polar surface area (TPSA) is 65.5 Å². The maximum absolute atomic E-state index is 10.8. The molecule has 0 bridgehead atoms. The zero-order valence-corrected chi connectivity index (χ0v) is 11.5. The van der Waals surface area contributed by atoms with Gasteiger partial charge in [0.25, 0.3) is 0 Å². The summed E-state index contributed by atoms with van der Waals surface area (Å²) in [6, 6.07) is 10.7. The van der Waals surface area contributed by atoms with E-state index >= 15 is 0 Å². The van der Waals surface area contributed by atoms with E-state index in [-0.39, 0.29) is 0 Å². The molecule has 0 radical (unpaired) electrons. The largest absolute Gasteiger partial charge is 0.478 e. The average Bonchev–Trinajstić information content (AvgIpc) is 2.45. The number of hydrogen-bond acceptors (Lipinski definition) is 4. The first-order valence-electron chi connectivity index (χ1n) is 6.26. The molecule has 0 fully saturated rings. The van der Waals surface area contributed by atoms with E-state index in [0.717, 1.165) is 17.1 Å². The van der Waals surface area contributed by atoms with Crippen LogP contribution < -0.4 is 10.2 Å². The number of nitrogens with one attached hydrogen (secondary N) is 1. The Bertz CT molecular complexity index is 594. The minimum atomic E-state index is -0.910. The quantitative estimate of drug-likeness (QED) is 0.874. The van der Waals surface area contributed by atoms with Crippen molar-refractivity contribution in [1.82, 2.24) is 4.98 Å². The molecule has 2 aromatic rings. The molecule has 0 saturated carbocycles. The molecule has 5 heteroatoms. The molecular weight excluding hydrogens is 254 g/mol. The van der Waals surface area contributed by atoms with Crippen LogP contribution in [-0.4, -0.2) is 30.2 Å². The number of aromatic nitrogens is 1. The van der Waals surface area contributed by atoms with Gasteiger partial charge in [0.05, 0.1) is 11.3 Å². The van der Waals surface area contributed by atoms with Crippen molar-refractivity contribution in [3.63, 3.8) is 0 Å².